The van der Waals surface area contributed by atoms with Crippen molar-refractivity contribution in [2.24, 2.45) is 5.73 Å². The van der Waals surface area contributed by atoms with Gasteiger partial charge in [0.25, 0.3) is 0 Å². The summed E-state index contributed by atoms with van der Waals surface area (Å²) in [5.41, 5.74) is 6.58. The molecule has 4 heteroatoms. The Morgan fingerprint density at radius 1 is 1.54 bits per heavy atom. The maximum atomic E-state index is 5.56. The fourth-order valence-electron chi connectivity index (χ4n) is 0.999. The van der Waals surface area contributed by atoms with Crippen molar-refractivity contribution in [1.29, 1.82) is 0 Å². The average molecular weight is 197 g/mol. The van der Waals surface area contributed by atoms with Crippen LogP contribution in [0.1, 0.15) is 31.2 Å². The standard InChI is InChI=1S/C9H15N3S/c1-6(2)8-11-5-7(4-10)9(12-8)13-3/h5-6H,4,10H2,1-3H3. The molecule has 0 saturated heterocycles. The van der Waals surface area contributed by atoms with Gasteiger partial charge in [0.1, 0.15) is 10.9 Å². The molecule has 0 aliphatic heterocycles. The average Bonchev–Trinajstić information content (AvgIpc) is 2.16. The van der Waals surface area contributed by atoms with Crippen molar-refractivity contribution in [3.05, 3.63) is 17.6 Å². The third-order valence-corrected chi connectivity index (χ3v) is 2.51. The molecule has 0 radical (unpaired) electrons. The van der Waals surface area contributed by atoms with E-state index in [4.69, 9.17) is 5.73 Å². The van der Waals surface area contributed by atoms with Gasteiger partial charge in [0.15, 0.2) is 0 Å². The summed E-state index contributed by atoms with van der Waals surface area (Å²) in [6, 6.07) is 0. The van der Waals surface area contributed by atoms with Crippen molar-refractivity contribution in [1.82, 2.24) is 9.97 Å². The summed E-state index contributed by atoms with van der Waals surface area (Å²) >= 11 is 1.62. The number of aromatic nitrogens is 2. The lowest BCUT2D eigenvalue weighted by molar-refractivity contribution is 0.740. The van der Waals surface area contributed by atoms with Gasteiger partial charge in [0, 0.05) is 24.2 Å². The summed E-state index contributed by atoms with van der Waals surface area (Å²) in [5, 5.41) is 1.00. The van der Waals surface area contributed by atoms with Gasteiger partial charge in [0.2, 0.25) is 0 Å². The number of thioether (sulfide) groups is 1. The zero-order valence-electron chi connectivity index (χ0n) is 8.24. The number of hydrogen-bond acceptors (Lipinski definition) is 4. The molecule has 0 saturated carbocycles. The highest BCUT2D eigenvalue weighted by Crippen LogP contribution is 2.19. The molecule has 0 atom stereocenters. The molecule has 0 unspecified atom stereocenters. The number of nitrogens with two attached hydrogens (primary N) is 1. The van der Waals surface area contributed by atoms with E-state index in [0.29, 0.717) is 12.5 Å². The van der Waals surface area contributed by atoms with Gasteiger partial charge >= 0.3 is 0 Å². The molecule has 0 aliphatic carbocycles. The van der Waals surface area contributed by atoms with Gasteiger partial charge in [-0.05, 0) is 6.26 Å². The summed E-state index contributed by atoms with van der Waals surface area (Å²) < 4.78 is 0. The smallest absolute Gasteiger partial charge is 0.132 e. The van der Waals surface area contributed by atoms with E-state index in [1.807, 2.05) is 12.5 Å². The number of nitrogens with zero attached hydrogens (tertiary/aromatic N) is 2. The highest BCUT2D eigenvalue weighted by Gasteiger charge is 2.07. The normalized spacial score (nSPS) is 10.8. The first-order valence-corrected chi connectivity index (χ1v) is 5.51. The minimum atomic E-state index is 0.373. The molecule has 1 rings (SSSR count). The second-order valence-corrected chi connectivity index (χ2v) is 3.92. The fourth-order valence-corrected chi connectivity index (χ4v) is 1.58. The highest BCUT2D eigenvalue weighted by molar-refractivity contribution is 7.98. The zero-order chi connectivity index (χ0) is 9.84. The maximum absolute atomic E-state index is 5.56. The third-order valence-electron chi connectivity index (χ3n) is 1.77. The van der Waals surface area contributed by atoms with Gasteiger partial charge in [-0.15, -0.1) is 11.8 Å². The summed E-state index contributed by atoms with van der Waals surface area (Å²) in [4.78, 5) is 8.69. The quantitative estimate of drug-likeness (QED) is 0.593. The summed E-state index contributed by atoms with van der Waals surface area (Å²) in [6.45, 7) is 4.68. The molecule has 0 amide bonds. The summed E-state index contributed by atoms with van der Waals surface area (Å²) in [6.07, 6.45) is 3.83. The third kappa shape index (κ3) is 2.42. The summed E-state index contributed by atoms with van der Waals surface area (Å²) in [7, 11) is 0. The Labute approximate surface area is 83.2 Å². The van der Waals surface area contributed by atoms with E-state index < -0.39 is 0 Å². The van der Waals surface area contributed by atoms with Crippen molar-refractivity contribution in [2.75, 3.05) is 6.26 Å². The molecule has 1 aromatic rings. The first kappa shape index (κ1) is 10.5. The number of hydrogen-bond donors (Lipinski definition) is 1. The van der Waals surface area contributed by atoms with Crippen LogP contribution in [0.15, 0.2) is 11.2 Å². The van der Waals surface area contributed by atoms with E-state index in [-0.39, 0.29) is 0 Å². The molecular formula is C9H15N3S. The molecule has 1 aromatic heterocycles. The first-order chi connectivity index (χ1) is 6.19. The monoisotopic (exact) mass is 197 g/mol. The van der Waals surface area contributed by atoms with Crippen LogP contribution in [0.3, 0.4) is 0 Å². The SMILES string of the molecule is CSc1nc(C(C)C)ncc1CN. The first-order valence-electron chi connectivity index (χ1n) is 4.29. The largest absolute Gasteiger partial charge is 0.326 e. The maximum Gasteiger partial charge on any atom is 0.132 e. The molecule has 0 aliphatic rings. The molecule has 3 nitrogen and oxygen atoms in total. The van der Waals surface area contributed by atoms with Gasteiger partial charge in [-0.3, -0.25) is 0 Å². The van der Waals surface area contributed by atoms with Crippen molar-refractivity contribution >= 4 is 11.8 Å². The Balaban J connectivity index is 3.05. The van der Waals surface area contributed by atoms with Crippen LogP contribution in [-0.4, -0.2) is 16.2 Å². The Morgan fingerprint density at radius 3 is 2.69 bits per heavy atom. The van der Waals surface area contributed by atoms with Crippen LogP contribution in [0.25, 0.3) is 0 Å². The molecule has 0 bridgehead atoms. The predicted molar refractivity (Wildman–Crippen MR) is 55.8 cm³/mol. The van der Waals surface area contributed by atoms with Gasteiger partial charge in [-0.2, -0.15) is 0 Å². The molecule has 1 heterocycles. The minimum absolute atomic E-state index is 0.373. The van der Waals surface area contributed by atoms with Gasteiger partial charge in [0.05, 0.1) is 0 Å². The topological polar surface area (TPSA) is 51.8 Å². The van der Waals surface area contributed by atoms with E-state index in [1.54, 1.807) is 11.8 Å². The van der Waals surface area contributed by atoms with Crippen LogP contribution in [0.2, 0.25) is 0 Å². The van der Waals surface area contributed by atoms with Crippen LogP contribution >= 0.6 is 11.8 Å². The second kappa shape index (κ2) is 4.58. The Bertz CT molecular complexity index is 286. The molecule has 0 fully saturated rings. The Morgan fingerprint density at radius 2 is 2.23 bits per heavy atom. The van der Waals surface area contributed by atoms with Gasteiger partial charge in [-0.1, -0.05) is 13.8 Å². The van der Waals surface area contributed by atoms with Crippen LogP contribution < -0.4 is 5.73 Å². The lowest BCUT2D eigenvalue weighted by Gasteiger charge is -2.07. The van der Waals surface area contributed by atoms with Crippen molar-refractivity contribution in [3.8, 4) is 0 Å². The zero-order valence-corrected chi connectivity index (χ0v) is 9.06. The van der Waals surface area contributed by atoms with Crippen molar-refractivity contribution in [3.63, 3.8) is 0 Å². The van der Waals surface area contributed by atoms with Crippen molar-refractivity contribution < 1.29 is 0 Å². The molecule has 2 N–H and O–H groups in total. The lowest BCUT2D eigenvalue weighted by atomic mass is 10.2. The Hall–Kier alpha value is -0.610. The molecule has 0 spiro atoms. The fraction of sp³-hybridized carbons (Fsp3) is 0.556. The van der Waals surface area contributed by atoms with E-state index in [0.717, 1.165) is 16.4 Å². The highest BCUT2D eigenvalue weighted by atomic mass is 32.2. The van der Waals surface area contributed by atoms with E-state index in [2.05, 4.69) is 23.8 Å². The molecule has 0 aromatic carbocycles. The Kier molecular flexibility index (Phi) is 3.69. The van der Waals surface area contributed by atoms with Gasteiger partial charge < -0.3 is 5.73 Å². The van der Waals surface area contributed by atoms with Gasteiger partial charge in [-0.25, -0.2) is 9.97 Å². The van der Waals surface area contributed by atoms with E-state index in [9.17, 15) is 0 Å². The minimum Gasteiger partial charge on any atom is -0.326 e. The second-order valence-electron chi connectivity index (χ2n) is 3.12. The van der Waals surface area contributed by atoms with Crippen LogP contribution in [0, 0.1) is 0 Å². The van der Waals surface area contributed by atoms with E-state index >= 15 is 0 Å². The predicted octanol–water partition coefficient (Wildman–Crippen LogP) is 1.78. The van der Waals surface area contributed by atoms with Crippen LogP contribution in [0.5, 0.6) is 0 Å². The van der Waals surface area contributed by atoms with Crippen molar-refractivity contribution in [2.45, 2.75) is 31.3 Å². The molecule has 72 valence electrons. The summed E-state index contributed by atoms with van der Waals surface area (Å²) in [5.74, 6) is 1.26. The number of rotatable bonds is 3. The molecular weight excluding hydrogens is 182 g/mol. The lowest BCUT2D eigenvalue weighted by Crippen LogP contribution is -2.05. The molecule has 13 heavy (non-hydrogen) atoms. The van der Waals surface area contributed by atoms with Crippen LogP contribution in [-0.2, 0) is 6.54 Å². The van der Waals surface area contributed by atoms with E-state index in [1.165, 1.54) is 0 Å². The van der Waals surface area contributed by atoms with Crippen LogP contribution in [0.4, 0.5) is 0 Å².